The standard InChI is InChI=1S/C21H30N4O2S/c1-7-24(13-19(27)23-21(4,5)6)12-17-14-28-20(22-17)25(16(3)26)18-10-8-15(2)9-11-18/h8-11,14H,7,12-13H2,1-6H3,(H,23,27). The lowest BCUT2D eigenvalue weighted by Crippen LogP contribution is -2.45. The summed E-state index contributed by atoms with van der Waals surface area (Å²) >= 11 is 1.43. The molecule has 0 saturated carbocycles. The summed E-state index contributed by atoms with van der Waals surface area (Å²) in [6.45, 7) is 13.1. The highest BCUT2D eigenvalue weighted by molar-refractivity contribution is 7.14. The second-order valence-electron chi connectivity index (χ2n) is 7.91. The van der Waals surface area contributed by atoms with E-state index in [1.54, 1.807) is 4.90 Å². The molecule has 0 aliphatic carbocycles. The highest BCUT2D eigenvalue weighted by Crippen LogP contribution is 2.29. The van der Waals surface area contributed by atoms with Crippen LogP contribution in [0.1, 0.15) is 45.9 Å². The zero-order valence-electron chi connectivity index (χ0n) is 17.6. The van der Waals surface area contributed by atoms with Gasteiger partial charge in [0.2, 0.25) is 11.8 Å². The minimum atomic E-state index is -0.250. The molecule has 0 saturated heterocycles. The number of hydrogen-bond donors (Lipinski definition) is 1. The maximum absolute atomic E-state index is 12.2. The van der Waals surface area contributed by atoms with Crippen molar-refractivity contribution < 1.29 is 9.59 Å². The summed E-state index contributed by atoms with van der Waals surface area (Å²) in [5.41, 5.74) is 2.54. The molecule has 1 aromatic heterocycles. The van der Waals surface area contributed by atoms with Crippen LogP contribution in [-0.2, 0) is 16.1 Å². The van der Waals surface area contributed by atoms with E-state index in [1.807, 2.05) is 69.2 Å². The molecule has 1 N–H and O–H groups in total. The molecule has 2 aromatic rings. The number of likely N-dealkylation sites (N-methyl/N-ethyl adjacent to an activating group) is 1. The quantitative estimate of drug-likeness (QED) is 0.763. The SMILES string of the molecule is CCN(CC(=O)NC(C)(C)C)Cc1csc(N(C(C)=O)c2ccc(C)cc2)n1. The summed E-state index contributed by atoms with van der Waals surface area (Å²) in [5.74, 6) is -0.0866. The minimum absolute atomic E-state index is 0.00480. The van der Waals surface area contributed by atoms with E-state index in [9.17, 15) is 9.59 Å². The first kappa shape index (κ1) is 22.0. The van der Waals surface area contributed by atoms with Gasteiger partial charge in [0.25, 0.3) is 0 Å². The van der Waals surface area contributed by atoms with Gasteiger partial charge in [-0.3, -0.25) is 19.4 Å². The number of carbonyl (C=O) groups is 2. The second-order valence-corrected chi connectivity index (χ2v) is 8.75. The number of hydrogen-bond acceptors (Lipinski definition) is 5. The van der Waals surface area contributed by atoms with Crippen LogP contribution in [0.2, 0.25) is 0 Å². The predicted molar refractivity (Wildman–Crippen MR) is 115 cm³/mol. The van der Waals surface area contributed by atoms with Crippen molar-refractivity contribution in [3.63, 3.8) is 0 Å². The number of carbonyl (C=O) groups excluding carboxylic acids is 2. The Labute approximate surface area is 171 Å². The number of amides is 2. The van der Waals surface area contributed by atoms with Gasteiger partial charge in [0, 0.05) is 24.4 Å². The van der Waals surface area contributed by atoms with Crippen LogP contribution in [0.4, 0.5) is 10.8 Å². The Bertz CT molecular complexity index is 809. The minimum Gasteiger partial charge on any atom is -0.350 e. The molecule has 6 nitrogen and oxygen atoms in total. The monoisotopic (exact) mass is 402 g/mol. The maximum atomic E-state index is 12.2. The Morgan fingerprint density at radius 3 is 2.36 bits per heavy atom. The van der Waals surface area contributed by atoms with Crippen LogP contribution in [0.15, 0.2) is 29.6 Å². The van der Waals surface area contributed by atoms with Crippen molar-refractivity contribution in [3.8, 4) is 0 Å². The van der Waals surface area contributed by atoms with Crippen molar-refractivity contribution in [1.29, 1.82) is 0 Å². The average molecular weight is 403 g/mol. The van der Waals surface area contributed by atoms with Gasteiger partial charge in [0.1, 0.15) is 0 Å². The van der Waals surface area contributed by atoms with Gasteiger partial charge in [-0.05, 0) is 46.4 Å². The van der Waals surface area contributed by atoms with Crippen LogP contribution in [0, 0.1) is 6.92 Å². The van der Waals surface area contributed by atoms with Crippen molar-refractivity contribution >= 4 is 34.0 Å². The van der Waals surface area contributed by atoms with Crippen molar-refractivity contribution in [2.24, 2.45) is 0 Å². The average Bonchev–Trinajstić information content (AvgIpc) is 3.02. The molecule has 0 aliphatic rings. The topological polar surface area (TPSA) is 65.5 Å². The number of thiazole rings is 1. The lowest BCUT2D eigenvalue weighted by Gasteiger charge is -2.24. The van der Waals surface area contributed by atoms with Gasteiger partial charge < -0.3 is 5.32 Å². The lowest BCUT2D eigenvalue weighted by molar-refractivity contribution is -0.123. The summed E-state index contributed by atoms with van der Waals surface area (Å²) < 4.78 is 0. The fourth-order valence-electron chi connectivity index (χ4n) is 2.76. The van der Waals surface area contributed by atoms with Gasteiger partial charge in [0.05, 0.1) is 17.9 Å². The fourth-order valence-corrected chi connectivity index (χ4v) is 3.64. The second kappa shape index (κ2) is 9.30. The van der Waals surface area contributed by atoms with E-state index in [2.05, 4.69) is 10.3 Å². The zero-order valence-corrected chi connectivity index (χ0v) is 18.4. The molecule has 2 rings (SSSR count). The van der Waals surface area contributed by atoms with Crippen molar-refractivity contribution in [1.82, 2.24) is 15.2 Å². The summed E-state index contributed by atoms with van der Waals surface area (Å²) in [4.78, 5) is 32.7. The molecule has 0 fully saturated rings. The van der Waals surface area contributed by atoms with Gasteiger partial charge in [-0.15, -0.1) is 11.3 Å². The van der Waals surface area contributed by atoms with E-state index < -0.39 is 0 Å². The number of aryl methyl sites for hydroxylation is 1. The molecule has 1 heterocycles. The van der Waals surface area contributed by atoms with Gasteiger partial charge >= 0.3 is 0 Å². The van der Waals surface area contributed by atoms with Crippen LogP contribution < -0.4 is 10.2 Å². The van der Waals surface area contributed by atoms with Gasteiger partial charge in [0.15, 0.2) is 5.13 Å². The van der Waals surface area contributed by atoms with Crippen LogP contribution in [0.3, 0.4) is 0 Å². The molecule has 7 heteroatoms. The zero-order chi connectivity index (χ0) is 20.9. The Balaban J connectivity index is 2.11. The molecule has 2 amide bonds. The summed E-state index contributed by atoms with van der Waals surface area (Å²) in [7, 11) is 0. The Morgan fingerprint density at radius 2 is 1.82 bits per heavy atom. The summed E-state index contributed by atoms with van der Waals surface area (Å²) in [5, 5.41) is 5.57. The first-order chi connectivity index (χ1) is 13.1. The van der Waals surface area contributed by atoms with Gasteiger partial charge in [-0.1, -0.05) is 24.6 Å². The number of nitrogens with zero attached hydrogens (tertiary/aromatic N) is 3. The van der Waals surface area contributed by atoms with E-state index in [0.29, 0.717) is 18.2 Å². The summed E-state index contributed by atoms with van der Waals surface area (Å²) in [6.07, 6.45) is 0. The first-order valence-electron chi connectivity index (χ1n) is 9.44. The largest absolute Gasteiger partial charge is 0.350 e. The van der Waals surface area contributed by atoms with Gasteiger partial charge in [-0.25, -0.2) is 4.98 Å². The number of rotatable bonds is 7. The third-order valence-electron chi connectivity index (χ3n) is 4.05. The Morgan fingerprint density at radius 1 is 1.18 bits per heavy atom. The predicted octanol–water partition coefficient (Wildman–Crippen LogP) is 3.87. The molecule has 28 heavy (non-hydrogen) atoms. The molecule has 0 unspecified atom stereocenters. The number of anilines is 2. The number of aromatic nitrogens is 1. The van der Waals surface area contributed by atoms with Crippen molar-refractivity contribution in [2.75, 3.05) is 18.0 Å². The van der Waals surface area contributed by atoms with E-state index >= 15 is 0 Å². The van der Waals surface area contributed by atoms with E-state index in [0.717, 1.165) is 23.5 Å². The van der Waals surface area contributed by atoms with Gasteiger partial charge in [-0.2, -0.15) is 0 Å². The highest BCUT2D eigenvalue weighted by atomic mass is 32.1. The molecule has 1 aromatic carbocycles. The first-order valence-corrected chi connectivity index (χ1v) is 10.3. The number of nitrogens with one attached hydrogen (secondary N) is 1. The van der Waals surface area contributed by atoms with E-state index in [4.69, 9.17) is 0 Å². The van der Waals surface area contributed by atoms with Crippen molar-refractivity contribution in [2.45, 2.75) is 53.6 Å². The molecule has 0 bridgehead atoms. The molecule has 0 spiro atoms. The molecule has 0 atom stereocenters. The highest BCUT2D eigenvalue weighted by Gasteiger charge is 2.20. The fraction of sp³-hybridized carbons (Fsp3) is 0.476. The maximum Gasteiger partial charge on any atom is 0.234 e. The van der Waals surface area contributed by atoms with Crippen LogP contribution in [0.5, 0.6) is 0 Å². The Hall–Kier alpha value is -2.25. The molecule has 152 valence electrons. The third kappa shape index (κ3) is 6.42. The van der Waals surface area contributed by atoms with Crippen LogP contribution >= 0.6 is 11.3 Å². The molecule has 0 radical (unpaired) electrons. The Kier molecular flexibility index (Phi) is 7.32. The molecular weight excluding hydrogens is 372 g/mol. The lowest BCUT2D eigenvalue weighted by atomic mass is 10.1. The van der Waals surface area contributed by atoms with Crippen LogP contribution in [-0.4, -0.2) is 40.3 Å². The summed E-state index contributed by atoms with van der Waals surface area (Å²) in [6, 6.07) is 7.80. The normalized spacial score (nSPS) is 11.5. The van der Waals surface area contributed by atoms with Crippen LogP contribution in [0.25, 0.3) is 0 Å². The number of benzene rings is 1. The van der Waals surface area contributed by atoms with Crippen molar-refractivity contribution in [3.05, 3.63) is 40.9 Å². The third-order valence-corrected chi connectivity index (χ3v) is 4.93. The molecule has 0 aliphatic heterocycles. The smallest absolute Gasteiger partial charge is 0.234 e. The van der Waals surface area contributed by atoms with E-state index in [1.165, 1.54) is 18.3 Å². The van der Waals surface area contributed by atoms with E-state index in [-0.39, 0.29) is 17.4 Å². The molecular formula is C21H30N4O2S.